The number of ether oxygens (including phenoxy) is 2. The van der Waals surface area contributed by atoms with Gasteiger partial charge in [0, 0.05) is 19.0 Å². The number of rotatable bonds is 3. The molecule has 0 spiro atoms. The van der Waals surface area contributed by atoms with Gasteiger partial charge >= 0.3 is 6.09 Å². The summed E-state index contributed by atoms with van der Waals surface area (Å²) in [5, 5.41) is 0. The van der Waals surface area contributed by atoms with E-state index in [2.05, 4.69) is 9.97 Å². The van der Waals surface area contributed by atoms with Gasteiger partial charge in [-0.25, -0.2) is 4.79 Å². The van der Waals surface area contributed by atoms with Gasteiger partial charge in [-0.2, -0.15) is 4.98 Å². The predicted molar refractivity (Wildman–Crippen MR) is 82.5 cm³/mol. The van der Waals surface area contributed by atoms with Crippen LogP contribution in [0.4, 0.5) is 10.6 Å². The van der Waals surface area contributed by atoms with Crippen LogP contribution >= 0.6 is 0 Å². The molecule has 2 N–H and O–H groups in total. The molecule has 1 aromatic heterocycles. The average Bonchev–Trinajstić information content (AvgIpc) is 2.44. The van der Waals surface area contributed by atoms with E-state index in [1.807, 2.05) is 20.8 Å². The molecule has 1 fully saturated rings. The molecule has 22 heavy (non-hydrogen) atoms. The molecule has 2 heterocycles. The Bertz CT molecular complexity index is 516. The molecule has 1 amide bonds. The molecule has 2 rings (SSSR count). The van der Waals surface area contributed by atoms with E-state index >= 15 is 0 Å². The molecule has 1 aromatic rings. The molecule has 7 nitrogen and oxygen atoms in total. The van der Waals surface area contributed by atoms with Gasteiger partial charge in [-0.15, -0.1) is 0 Å². The van der Waals surface area contributed by atoms with Crippen molar-refractivity contribution in [3.63, 3.8) is 0 Å². The number of likely N-dealkylation sites (tertiary alicyclic amines) is 1. The summed E-state index contributed by atoms with van der Waals surface area (Å²) in [7, 11) is 0. The second-order valence-electron chi connectivity index (χ2n) is 6.53. The fraction of sp³-hybridized carbons (Fsp3) is 0.667. The monoisotopic (exact) mass is 308 g/mol. The third kappa shape index (κ3) is 5.05. The molecule has 0 radical (unpaired) electrons. The van der Waals surface area contributed by atoms with E-state index in [4.69, 9.17) is 15.2 Å². The van der Waals surface area contributed by atoms with Gasteiger partial charge in [0.1, 0.15) is 11.4 Å². The van der Waals surface area contributed by atoms with Crippen molar-refractivity contribution in [3.05, 3.63) is 12.4 Å². The van der Waals surface area contributed by atoms with Crippen LogP contribution in [-0.2, 0) is 4.74 Å². The highest BCUT2D eigenvalue weighted by Gasteiger charge is 2.27. The van der Waals surface area contributed by atoms with E-state index in [9.17, 15) is 4.79 Å². The van der Waals surface area contributed by atoms with E-state index in [0.29, 0.717) is 24.8 Å². The van der Waals surface area contributed by atoms with Crippen molar-refractivity contribution in [2.24, 2.45) is 5.92 Å². The number of piperidine rings is 1. The average molecular weight is 308 g/mol. The van der Waals surface area contributed by atoms with Crippen LogP contribution in [0.1, 0.15) is 33.6 Å². The molecule has 1 unspecified atom stereocenters. The predicted octanol–water partition coefficient (Wildman–Crippen LogP) is 2.08. The van der Waals surface area contributed by atoms with Gasteiger partial charge < -0.3 is 20.1 Å². The third-order valence-electron chi connectivity index (χ3n) is 3.27. The Morgan fingerprint density at radius 2 is 2.23 bits per heavy atom. The highest BCUT2D eigenvalue weighted by molar-refractivity contribution is 5.68. The standard InChI is InChI=1S/C15H24N4O3/c1-15(2,3)22-14(20)19-6-4-5-11(9-19)10-21-13-8-17-7-12(16)18-13/h7-8,11H,4-6,9-10H2,1-3H3,(H2,16,18). The number of nitrogens with two attached hydrogens (primary N) is 1. The van der Waals surface area contributed by atoms with E-state index in [1.165, 1.54) is 12.4 Å². The number of hydrogen-bond acceptors (Lipinski definition) is 6. The molecule has 0 bridgehead atoms. The lowest BCUT2D eigenvalue weighted by atomic mass is 9.99. The number of nitrogen functional groups attached to an aromatic ring is 1. The van der Waals surface area contributed by atoms with Gasteiger partial charge in [0.25, 0.3) is 0 Å². The van der Waals surface area contributed by atoms with Crippen LogP contribution < -0.4 is 10.5 Å². The van der Waals surface area contributed by atoms with Crippen molar-refractivity contribution in [1.29, 1.82) is 0 Å². The summed E-state index contributed by atoms with van der Waals surface area (Å²) in [6.07, 6.45) is 4.69. The highest BCUT2D eigenvalue weighted by Crippen LogP contribution is 2.20. The fourth-order valence-electron chi connectivity index (χ4n) is 2.33. The lowest BCUT2D eigenvalue weighted by molar-refractivity contribution is 0.0138. The molecule has 122 valence electrons. The maximum Gasteiger partial charge on any atom is 0.410 e. The van der Waals surface area contributed by atoms with E-state index < -0.39 is 5.60 Å². The number of hydrogen-bond donors (Lipinski definition) is 1. The minimum Gasteiger partial charge on any atom is -0.476 e. The van der Waals surface area contributed by atoms with Crippen molar-refractivity contribution < 1.29 is 14.3 Å². The number of carbonyl (C=O) groups excluding carboxylic acids is 1. The summed E-state index contributed by atoms with van der Waals surface area (Å²) >= 11 is 0. The van der Waals surface area contributed by atoms with Gasteiger partial charge in [0.2, 0.25) is 5.88 Å². The van der Waals surface area contributed by atoms with Crippen LogP contribution in [0.3, 0.4) is 0 Å². The largest absolute Gasteiger partial charge is 0.476 e. The first kappa shape index (κ1) is 16.3. The number of aromatic nitrogens is 2. The zero-order valence-corrected chi connectivity index (χ0v) is 13.4. The molecule has 1 aliphatic rings. The van der Waals surface area contributed by atoms with Crippen LogP contribution in [0.25, 0.3) is 0 Å². The first-order chi connectivity index (χ1) is 10.3. The van der Waals surface area contributed by atoms with Gasteiger partial charge in [0.05, 0.1) is 19.0 Å². The fourth-order valence-corrected chi connectivity index (χ4v) is 2.33. The van der Waals surface area contributed by atoms with Crippen LogP contribution in [0.2, 0.25) is 0 Å². The van der Waals surface area contributed by atoms with E-state index in [1.54, 1.807) is 4.90 Å². The Balaban J connectivity index is 1.84. The van der Waals surface area contributed by atoms with E-state index in [0.717, 1.165) is 19.4 Å². The normalized spacial score (nSPS) is 18.9. The third-order valence-corrected chi connectivity index (χ3v) is 3.27. The van der Waals surface area contributed by atoms with Crippen molar-refractivity contribution in [2.45, 2.75) is 39.2 Å². The molecule has 0 aromatic carbocycles. The van der Waals surface area contributed by atoms with Gasteiger partial charge in [-0.05, 0) is 33.6 Å². The quantitative estimate of drug-likeness (QED) is 0.919. The molecular formula is C15H24N4O3. The zero-order chi connectivity index (χ0) is 16.2. The van der Waals surface area contributed by atoms with Crippen LogP contribution in [-0.4, -0.2) is 46.3 Å². The smallest absolute Gasteiger partial charge is 0.410 e. The lowest BCUT2D eigenvalue weighted by Gasteiger charge is -2.33. The first-order valence-corrected chi connectivity index (χ1v) is 7.52. The molecule has 7 heteroatoms. The minimum atomic E-state index is -0.475. The molecule has 0 saturated carbocycles. The van der Waals surface area contributed by atoms with Crippen molar-refractivity contribution in [3.8, 4) is 5.88 Å². The number of amides is 1. The second kappa shape index (κ2) is 6.81. The SMILES string of the molecule is CC(C)(C)OC(=O)N1CCCC(COc2cncc(N)n2)C1. The van der Waals surface area contributed by atoms with Crippen molar-refractivity contribution >= 4 is 11.9 Å². The van der Waals surface area contributed by atoms with Gasteiger partial charge in [-0.1, -0.05) is 0 Å². The highest BCUT2D eigenvalue weighted by atomic mass is 16.6. The summed E-state index contributed by atoms with van der Waals surface area (Å²) in [5.41, 5.74) is 5.09. The number of anilines is 1. The Labute approximate surface area is 130 Å². The molecule has 0 aliphatic carbocycles. The molecule has 1 atom stereocenters. The van der Waals surface area contributed by atoms with Crippen molar-refractivity contribution in [1.82, 2.24) is 14.9 Å². The van der Waals surface area contributed by atoms with E-state index in [-0.39, 0.29) is 12.0 Å². The second-order valence-corrected chi connectivity index (χ2v) is 6.53. The summed E-state index contributed by atoms with van der Waals surface area (Å²) in [4.78, 5) is 21.8. The summed E-state index contributed by atoms with van der Waals surface area (Å²) < 4.78 is 11.0. The zero-order valence-electron chi connectivity index (χ0n) is 13.4. The molecule has 1 saturated heterocycles. The van der Waals surface area contributed by atoms with Crippen LogP contribution in [0.5, 0.6) is 5.88 Å². The molecular weight excluding hydrogens is 284 g/mol. The van der Waals surface area contributed by atoms with Crippen LogP contribution in [0, 0.1) is 5.92 Å². The maximum absolute atomic E-state index is 12.1. The Morgan fingerprint density at radius 3 is 2.91 bits per heavy atom. The summed E-state index contributed by atoms with van der Waals surface area (Å²) in [6, 6.07) is 0. The lowest BCUT2D eigenvalue weighted by Crippen LogP contribution is -2.44. The number of carbonyl (C=O) groups is 1. The minimum absolute atomic E-state index is 0.254. The first-order valence-electron chi connectivity index (χ1n) is 7.52. The number of nitrogens with zero attached hydrogens (tertiary/aromatic N) is 3. The summed E-state index contributed by atoms with van der Waals surface area (Å²) in [6.45, 7) is 7.45. The Kier molecular flexibility index (Phi) is 5.05. The van der Waals surface area contributed by atoms with Gasteiger partial charge in [-0.3, -0.25) is 4.98 Å². The van der Waals surface area contributed by atoms with Gasteiger partial charge in [0.15, 0.2) is 0 Å². The van der Waals surface area contributed by atoms with Crippen molar-refractivity contribution in [2.75, 3.05) is 25.4 Å². The van der Waals surface area contributed by atoms with Crippen LogP contribution in [0.15, 0.2) is 12.4 Å². The Hall–Kier alpha value is -2.05. The molecule has 1 aliphatic heterocycles. The maximum atomic E-state index is 12.1. The topological polar surface area (TPSA) is 90.6 Å². The Morgan fingerprint density at radius 1 is 1.45 bits per heavy atom. The summed E-state index contributed by atoms with van der Waals surface area (Å²) in [5.74, 6) is 0.996.